The van der Waals surface area contributed by atoms with Crippen LogP contribution in [0.5, 0.6) is 0 Å². The van der Waals surface area contributed by atoms with Crippen molar-refractivity contribution in [2.45, 2.75) is 44.1 Å². The topological polar surface area (TPSA) is 66.4 Å². The predicted octanol–water partition coefficient (Wildman–Crippen LogP) is 2.74. The molecule has 1 atom stereocenters. The highest BCUT2D eigenvalue weighted by molar-refractivity contribution is 6.30. The summed E-state index contributed by atoms with van der Waals surface area (Å²) in [4.78, 5) is 23.5. The van der Waals surface area contributed by atoms with Crippen LogP contribution >= 0.6 is 11.6 Å². The molecule has 0 aromatic heterocycles. The van der Waals surface area contributed by atoms with E-state index < -0.39 is 17.4 Å². The molecular weight excluding hydrogens is 278 g/mol. The largest absolute Gasteiger partial charge is 0.480 e. The van der Waals surface area contributed by atoms with E-state index in [1.165, 1.54) is 6.92 Å². The normalized spacial score (nSPS) is 18.5. The van der Waals surface area contributed by atoms with Crippen molar-refractivity contribution in [3.63, 3.8) is 0 Å². The summed E-state index contributed by atoms with van der Waals surface area (Å²) in [6.07, 6.45) is 3.43. The third-order valence-corrected chi connectivity index (χ3v) is 4.26. The molecule has 2 rings (SSSR count). The first-order valence-electron chi connectivity index (χ1n) is 6.75. The van der Waals surface area contributed by atoms with Gasteiger partial charge in [0.15, 0.2) is 0 Å². The summed E-state index contributed by atoms with van der Waals surface area (Å²) in [5, 5.41) is 12.2. The van der Waals surface area contributed by atoms with Crippen LogP contribution in [0, 0.1) is 0 Å². The lowest BCUT2D eigenvalue weighted by molar-refractivity contribution is -0.142. The van der Waals surface area contributed by atoms with Gasteiger partial charge in [0, 0.05) is 5.02 Å². The van der Waals surface area contributed by atoms with Crippen LogP contribution in [0.2, 0.25) is 5.02 Å². The third kappa shape index (κ3) is 2.80. The van der Waals surface area contributed by atoms with E-state index in [0.29, 0.717) is 5.02 Å². The fourth-order valence-electron chi connectivity index (χ4n) is 2.79. The molecule has 0 bridgehead atoms. The predicted molar refractivity (Wildman–Crippen MR) is 76.8 cm³/mol. The average Bonchev–Trinajstić information content (AvgIpc) is 2.90. The van der Waals surface area contributed by atoms with Crippen molar-refractivity contribution in [3.05, 3.63) is 34.9 Å². The number of carboxylic acids is 1. The minimum atomic E-state index is -1.03. The van der Waals surface area contributed by atoms with Crippen LogP contribution < -0.4 is 5.32 Å². The van der Waals surface area contributed by atoms with E-state index in [1.807, 2.05) is 12.1 Å². The number of nitrogens with one attached hydrogen (secondary N) is 1. The fourth-order valence-corrected chi connectivity index (χ4v) is 2.92. The Kier molecular flexibility index (Phi) is 4.33. The highest BCUT2D eigenvalue weighted by Gasteiger charge is 2.43. The summed E-state index contributed by atoms with van der Waals surface area (Å²) >= 11 is 5.89. The van der Waals surface area contributed by atoms with Crippen molar-refractivity contribution in [3.8, 4) is 0 Å². The smallest absolute Gasteiger partial charge is 0.325 e. The Hall–Kier alpha value is -1.55. The number of halogens is 1. The monoisotopic (exact) mass is 295 g/mol. The summed E-state index contributed by atoms with van der Waals surface area (Å²) in [7, 11) is 0. The van der Waals surface area contributed by atoms with Crippen molar-refractivity contribution in [1.29, 1.82) is 0 Å². The molecule has 5 heteroatoms. The molecule has 4 nitrogen and oxygen atoms in total. The van der Waals surface area contributed by atoms with Crippen LogP contribution in [0.3, 0.4) is 0 Å². The summed E-state index contributed by atoms with van der Waals surface area (Å²) < 4.78 is 0. The van der Waals surface area contributed by atoms with Gasteiger partial charge in [-0.25, -0.2) is 0 Å². The lowest BCUT2D eigenvalue weighted by atomic mass is 9.78. The number of aliphatic carboxylic acids is 1. The molecule has 0 spiro atoms. The molecule has 1 saturated carbocycles. The molecule has 1 aliphatic rings. The number of amides is 1. The quantitative estimate of drug-likeness (QED) is 0.897. The van der Waals surface area contributed by atoms with E-state index in [-0.39, 0.29) is 5.91 Å². The molecular formula is C15H18ClNO3. The van der Waals surface area contributed by atoms with Gasteiger partial charge in [-0.15, -0.1) is 0 Å². The van der Waals surface area contributed by atoms with Gasteiger partial charge in [-0.1, -0.05) is 36.6 Å². The first-order chi connectivity index (χ1) is 9.45. The average molecular weight is 296 g/mol. The maximum atomic E-state index is 12.6. The molecule has 1 fully saturated rings. The maximum Gasteiger partial charge on any atom is 0.325 e. The van der Waals surface area contributed by atoms with Gasteiger partial charge in [-0.2, -0.15) is 0 Å². The van der Waals surface area contributed by atoms with Gasteiger partial charge in [0.05, 0.1) is 5.41 Å². The van der Waals surface area contributed by atoms with Crippen LogP contribution in [-0.2, 0) is 15.0 Å². The van der Waals surface area contributed by atoms with Crippen LogP contribution in [0.4, 0.5) is 0 Å². The van der Waals surface area contributed by atoms with Gasteiger partial charge in [-0.3, -0.25) is 9.59 Å². The summed E-state index contributed by atoms with van der Waals surface area (Å²) in [5.74, 6) is -1.23. The Balaban J connectivity index is 2.28. The number of hydrogen-bond acceptors (Lipinski definition) is 2. The van der Waals surface area contributed by atoms with Crippen molar-refractivity contribution in [1.82, 2.24) is 5.32 Å². The Morgan fingerprint density at radius 1 is 1.25 bits per heavy atom. The van der Waals surface area contributed by atoms with E-state index in [4.69, 9.17) is 16.7 Å². The Morgan fingerprint density at radius 3 is 2.30 bits per heavy atom. The summed E-state index contributed by atoms with van der Waals surface area (Å²) in [6.45, 7) is 1.48. The number of hydrogen-bond donors (Lipinski definition) is 2. The zero-order chi connectivity index (χ0) is 14.8. The molecule has 2 N–H and O–H groups in total. The van der Waals surface area contributed by atoms with Gasteiger partial charge < -0.3 is 10.4 Å². The number of carbonyl (C=O) groups excluding carboxylic acids is 1. The van der Waals surface area contributed by atoms with E-state index in [0.717, 1.165) is 31.2 Å². The number of rotatable bonds is 4. The van der Waals surface area contributed by atoms with Gasteiger partial charge in [-0.05, 0) is 37.5 Å². The lowest BCUT2D eigenvalue weighted by Crippen LogP contribution is -2.48. The van der Waals surface area contributed by atoms with E-state index >= 15 is 0 Å². The molecule has 1 aromatic carbocycles. The van der Waals surface area contributed by atoms with Crippen molar-refractivity contribution < 1.29 is 14.7 Å². The lowest BCUT2D eigenvalue weighted by Gasteiger charge is -2.29. The SMILES string of the molecule is C[C@H](NC(=O)C1(c2ccc(Cl)cc2)CCCC1)C(=O)O. The van der Waals surface area contributed by atoms with Crippen LogP contribution in [-0.4, -0.2) is 23.0 Å². The van der Waals surface area contributed by atoms with Gasteiger partial charge in [0.2, 0.25) is 5.91 Å². The highest BCUT2D eigenvalue weighted by atomic mass is 35.5. The highest BCUT2D eigenvalue weighted by Crippen LogP contribution is 2.41. The molecule has 0 radical (unpaired) electrons. The van der Waals surface area contributed by atoms with Crippen LogP contribution in [0.1, 0.15) is 38.2 Å². The van der Waals surface area contributed by atoms with Crippen molar-refractivity contribution in [2.75, 3.05) is 0 Å². The molecule has 1 aliphatic carbocycles. The number of carbonyl (C=O) groups is 2. The molecule has 0 heterocycles. The second kappa shape index (κ2) is 5.83. The van der Waals surface area contributed by atoms with Crippen LogP contribution in [0.15, 0.2) is 24.3 Å². The minimum Gasteiger partial charge on any atom is -0.480 e. The van der Waals surface area contributed by atoms with Gasteiger partial charge in [0.25, 0.3) is 0 Å². The first kappa shape index (κ1) is 14.9. The molecule has 20 heavy (non-hydrogen) atoms. The minimum absolute atomic E-state index is 0.202. The summed E-state index contributed by atoms with van der Waals surface area (Å²) in [6, 6.07) is 6.37. The third-order valence-electron chi connectivity index (χ3n) is 4.01. The molecule has 0 unspecified atom stereocenters. The molecule has 1 amide bonds. The Morgan fingerprint density at radius 2 is 1.80 bits per heavy atom. The Bertz CT molecular complexity index is 506. The zero-order valence-corrected chi connectivity index (χ0v) is 12.1. The van der Waals surface area contributed by atoms with E-state index in [1.54, 1.807) is 12.1 Å². The standard InChI is InChI=1S/C15H18ClNO3/c1-10(13(18)19)17-14(20)15(8-2-3-9-15)11-4-6-12(16)7-5-11/h4-7,10H,2-3,8-9H2,1H3,(H,17,20)(H,18,19)/t10-/m0/s1. The second-order valence-corrected chi connectivity index (χ2v) is 5.77. The van der Waals surface area contributed by atoms with E-state index in [9.17, 15) is 9.59 Å². The fraction of sp³-hybridized carbons (Fsp3) is 0.467. The zero-order valence-electron chi connectivity index (χ0n) is 11.4. The van der Waals surface area contributed by atoms with Crippen molar-refractivity contribution >= 4 is 23.5 Å². The van der Waals surface area contributed by atoms with Crippen molar-refractivity contribution in [2.24, 2.45) is 0 Å². The van der Waals surface area contributed by atoms with Crippen LogP contribution in [0.25, 0.3) is 0 Å². The van der Waals surface area contributed by atoms with Gasteiger partial charge in [0.1, 0.15) is 6.04 Å². The second-order valence-electron chi connectivity index (χ2n) is 5.33. The molecule has 0 aliphatic heterocycles. The molecule has 1 aromatic rings. The number of carboxylic acid groups (broad SMARTS) is 1. The number of benzene rings is 1. The molecule has 0 saturated heterocycles. The first-order valence-corrected chi connectivity index (χ1v) is 7.13. The van der Waals surface area contributed by atoms with E-state index in [2.05, 4.69) is 5.32 Å². The maximum absolute atomic E-state index is 12.6. The Labute approximate surface area is 123 Å². The van der Waals surface area contributed by atoms with Gasteiger partial charge >= 0.3 is 5.97 Å². The molecule has 108 valence electrons. The summed E-state index contributed by atoms with van der Waals surface area (Å²) in [5.41, 5.74) is 0.295.